The van der Waals surface area contributed by atoms with Gasteiger partial charge in [0.15, 0.2) is 5.17 Å². The molecule has 1 N–H and O–H groups in total. The summed E-state index contributed by atoms with van der Waals surface area (Å²) in [6, 6.07) is 7.94. The Morgan fingerprint density at radius 2 is 2.04 bits per heavy atom. The Labute approximate surface area is 161 Å². The van der Waals surface area contributed by atoms with Gasteiger partial charge in [-0.15, -0.1) is 5.10 Å². The molecule has 0 aromatic heterocycles. The summed E-state index contributed by atoms with van der Waals surface area (Å²) >= 11 is 1.04. The van der Waals surface area contributed by atoms with Crippen LogP contribution in [0.5, 0.6) is 0 Å². The van der Waals surface area contributed by atoms with E-state index in [-0.39, 0.29) is 41.9 Å². The number of amidine groups is 1. The first-order valence-corrected chi connectivity index (χ1v) is 7.72. The van der Waals surface area contributed by atoms with Gasteiger partial charge in [-0.2, -0.15) is 5.10 Å². The Kier molecular flexibility index (Phi) is 7.98. The van der Waals surface area contributed by atoms with Crippen molar-refractivity contribution in [3.8, 4) is 0 Å². The third kappa shape index (κ3) is 6.10. The number of nitrogens with one attached hydrogen (secondary N) is 1. The number of carbonyl (C=O) groups excluding carboxylic acids is 2. The second-order valence-electron chi connectivity index (χ2n) is 5.14. The van der Waals surface area contributed by atoms with Crippen LogP contribution < -0.4 is 40.0 Å². The maximum atomic E-state index is 11.5. The number of carboxylic acids is 1. The van der Waals surface area contributed by atoms with E-state index >= 15 is 0 Å². The summed E-state index contributed by atoms with van der Waals surface area (Å²) in [6.07, 6.45) is 1.24. The van der Waals surface area contributed by atoms with Crippen LogP contribution in [-0.2, 0) is 9.59 Å². The van der Waals surface area contributed by atoms with E-state index in [1.54, 1.807) is 6.21 Å². The fourth-order valence-electron chi connectivity index (χ4n) is 1.85. The standard InChI is InChI=1S/C15H17N3O3S.Na/c1-9(2)11-5-3-10(4-6-11)8-16-18-15-17-14(21)12(22-15)7-13(19)20;/h3-6,8-9,12H,7H2,1-2H3,(H,19,20)(H,17,18,21);/q;+1/p-1/b16-8+;. The van der Waals surface area contributed by atoms with Gasteiger partial charge in [0, 0.05) is 12.4 Å². The Morgan fingerprint density at radius 3 is 2.61 bits per heavy atom. The molecule has 1 aliphatic heterocycles. The van der Waals surface area contributed by atoms with Crippen molar-refractivity contribution in [2.75, 3.05) is 0 Å². The monoisotopic (exact) mass is 341 g/mol. The van der Waals surface area contributed by atoms with Crippen molar-refractivity contribution in [2.45, 2.75) is 31.4 Å². The molecule has 6 nitrogen and oxygen atoms in total. The van der Waals surface area contributed by atoms with Crippen LogP contribution >= 0.6 is 11.8 Å². The van der Waals surface area contributed by atoms with Crippen molar-refractivity contribution in [1.82, 2.24) is 5.32 Å². The molecule has 116 valence electrons. The molecule has 0 aliphatic carbocycles. The Hall–Kier alpha value is -1.15. The molecule has 8 heteroatoms. The zero-order chi connectivity index (χ0) is 16.1. The largest absolute Gasteiger partial charge is 1.00 e. The summed E-state index contributed by atoms with van der Waals surface area (Å²) in [6.45, 7) is 4.25. The number of carbonyl (C=O) groups is 2. The van der Waals surface area contributed by atoms with E-state index in [4.69, 9.17) is 0 Å². The summed E-state index contributed by atoms with van der Waals surface area (Å²) in [5.41, 5.74) is 2.14. The first-order chi connectivity index (χ1) is 10.5. The number of amides is 1. The predicted octanol–water partition coefficient (Wildman–Crippen LogP) is -2.12. The van der Waals surface area contributed by atoms with Crippen LogP contribution in [0.4, 0.5) is 0 Å². The average Bonchev–Trinajstić information content (AvgIpc) is 2.79. The van der Waals surface area contributed by atoms with Gasteiger partial charge in [-0.3, -0.25) is 4.79 Å². The molecule has 1 saturated heterocycles. The van der Waals surface area contributed by atoms with Gasteiger partial charge in [-0.05, 0) is 17.0 Å². The molecule has 0 saturated carbocycles. The first-order valence-electron chi connectivity index (χ1n) is 6.84. The van der Waals surface area contributed by atoms with Gasteiger partial charge in [0.1, 0.15) is 0 Å². The first kappa shape index (κ1) is 19.9. The van der Waals surface area contributed by atoms with Gasteiger partial charge in [0.2, 0.25) is 5.91 Å². The number of hydrogen-bond acceptors (Lipinski definition) is 6. The van der Waals surface area contributed by atoms with E-state index in [9.17, 15) is 14.7 Å². The molecule has 2 rings (SSSR count). The van der Waals surface area contributed by atoms with Crippen LogP contribution in [-0.4, -0.2) is 28.5 Å². The molecule has 1 aromatic rings. The average molecular weight is 341 g/mol. The van der Waals surface area contributed by atoms with E-state index in [1.165, 1.54) is 5.56 Å². The minimum atomic E-state index is -1.26. The number of aliphatic carboxylic acids is 1. The minimum Gasteiger partial charge on any atom is -0.550 e. The molecule has 0 spiro atoms. The zero-order valence-corrected chi connectivity index (χ0v) is 16.1. The third-order valence-electron chi connectivity index (χ3n) is 3.09. The molecule has 1 aliphatic rings. The topological polar surface area (TPSA) is 94.0 Å². The summed E-state index contributed by atoms with van der Waals surface area (Å²) in [4.78, 5) is 22.0. The SMILES string of the molecule is CC(C)c1ccc(/C=N/N=C2NC(=O)C(CC(=O)[O-])S2)cc1.[Na+]. The molecule has 1 aromatic carbocycles. The van der Waals surface area contributed by atoms with Crippen LogP contribution in [0, 0.1) is 0 Å². The third-order valence-corrected chi connectivity index (χ3v) is 4.16. The van der Waals surface area contributed by atoms with E-state index in [1.807, 2.05) is 24.3 Å². The van der Waals surface area contributed by atoms with Gasteiger partial charge in [-0.25, -0.2) is 0 Å². The molecule has 1 unspecified atom stereocenters. The van der Waals surface area contributed by atoms with Crippen molar-refractivity contribution in [3.05, 3.63) is 35.4 Å². The maximum Gasteiger partial charge on any atom is 1.00 e. The van der Waals surface area contributed by atoms with Crippen molar-refractivity contribution in [1.29, 1.82) is 0 Å². The maximum absolute atomic E-state index is 11.5. The molecule has 1 amide bonds. The van der Waals surface area contributed by atoms with Crippen molar-refractivity contribution >= 4 is 35.0 Å². The second-order valence-corrected chi connectivity index (χ2v) is 6.33. The minimum absolute atomic E-state index is 0. The van der Waals surface area contributed by atoms with Gasteiger partial charge >= 0.3 is 29.6 Å². The Balaban J connectivity index is 0.00000264. The molecule has 1 heterocycles. The fraction of sp³-hybridized carbons (Fsp3) is 0.333. The summed E-state index contributed by atoms with van der Waals surface area (Å²) in [5.74, 6) is -1.18. The molecule has 23 heavy (non-hydrogen) atoms. The van der Waals surface area contributed by atoms with Crippen molar-refractivity contribution < 1.29 is 44.3 Å². The number of benzene rings is 1. The Bertz CT molecular complexity index is 629. The number of carboxylic acid groups (broad SMARTS) is 1. The number of nitrogens with zero attached hydrogens (tertiary/aromatic N) is 2. The zero-order valence-electron chi connectivity index (χ0n) is 13.3. The predicted molar refractivity (Wildman–Crippen MR) is 84.7 cm³/mol. The second kappa shape index (κ2) is 9.22. The van der Waals surface area contributed by atoms with Crippen LogP contribution in [0.15, 0.2) is 34.5 Å². The molecule has 1 atom stereocenters. The normalized spacial score (nSPS) is 19.2. The van der Waals surface area contributed by atoms with Crippen LogP contribution in [0.2, 0.25) is 0 Å². The van der Waals surface area contributed by atoms with Crippen LogP contribution in [0.25, 0.3) is 0 Å². The quantitative estimate of drug-likeness (QED) is 0.376. The van der Waals surface area contributed by atoms with Gasteiger partial charge in [0.25, 0.3) is 0 Å². The van der Waals surface area contributed by atoms with Crippen molar-refractivity contribution in [2.24, 2.45) is 10.2 Å². The van der Waals surface area contributed by atoms with Gasteiger partial charge < -0.3 is 15.2 Å². The molecule has 0 radical (unpaired) electrons. The van der Waals surface area contributed by atoms with Gasteiger partial charge in [0.05, 0.1) is 11.5 Å². The number of thioether (sulfide) groups is 1. The summed E-state index contributed by atoms with van der Waals surface area (Å²) in [5, 5.41) is 20.4. The fourth-order valence-corrected chi connectivity index (χ4v) is 2.76. The molecular weight excluding hydrogens is 325 g/mol. The number of hydrogen-bond donors (Lipinski definition) is 1. The summed E-state index contributed by atoms with van der Waals surface area (Å²) < 4.78 is 0. The van der Waals surface area contributed by atoms with Crippen molar-refractivity contribution in [3.63, 3.8) is 0 Å². The molecular formula is C15H16N3NaO3S. The van der Waals surface area contributed by atoms with E-state index < -0.39 is 11.2 Å². The van der Waals surface area contributed by atoms with Gasteiger partial charge in [-0.1, -0.05) is 49.9 Å². The van der Waals surface area contributed by atoms with Crippen LogP contribution in [0.1, 0.15) is 37.3 Å². The number of rotatable bonds is 5. The van der Waals surface area contributed by atoms with E-state index in [0.29, 0.717) is 11.1 Å². The van der Waals surface area contributed by atoms with Crippen LogP contribution in [0.3, 0.4) is 0 Å². The van der Waals surface area contributed by atoms with E-state index in [0.717, 1.165) is 17.3 Å². The Morgan fingerprint density at radius 1 is 1.39 bits per heavy atom. The smallest absolute Gasteiger partial charge is 0.550 e. The molecule has 0 bridgehead atoms. The molecule has 1 fully saturated rings. The summed E-state index contributed by atoms with van der Waals surface area (Å²) in [7, 11) is 0. The van der Waals surface area contributed by atoms with E-state index in [2.05, 4.69) is 29.4 Å².